The number of aliphatic hydroxyl groups is 1. The summed E-state index contributed by atoms with van der Waals surface area (Å²) in [6.07, 6.45) is -3.23. The number of hydrogen-bond acceptors (Lipinski definition) is 6. The fourth-order valence-electron chi connectivity index (χ4n) is 2.56. The summed E-state index contributed by atoms with van der Waals surface area (Å²) >= 11 is 9.15. The minimum absolute atomic E-state index is 0.0201. The third-order valence-electron chi connectivity index (χ3n) is 4.26. The standard InChI is InChI=1S/C19H16F3N3O4S.CH3Cl/c1-18(27,9-8-12-2-4-13(5-3-12)23-11-30)17(26)24-14-6-7-16(25(28)29)15(10-14)19(20,21)22;1-2/h2-7,10,27H,8-9H2,1H3,(H,24,26);1H3/t18-;/m1./s1. The van der Waals surface area contributed by atoms with Gasteiger partial charge in [-0.2, -0.15) is 18.2 Å². The van der Waals surface area contributed by atoms with Crippen molar-refractivity contribution in [3.05, 3.63) is 63.7 Å². The van der Waals surface area contributed by atoms with Crippen molar-refractivity contribution in [3.8, 4) is 0 Å². The van der Waals surface area contributed by atoms with Crippen molar-refractivity contribution >= 4 is 51.9 Å². The van der Waals surface area contributed by atoms with E-state index < -0.39 is 33.9 Å². The number of nitrogens with zero attached hydrogens (tertiary/aromatic N) is 2. The monoisotopic (exact) mass is 489 g/mol. The Bertz CT molecular complexity index is 1010. The number of aryl methyl sites for hydroxylation is 1. The number of carbonyl (C=O) groups excluding carboxylic acids is 1. The Kier molecular flexibility index (Phi) is 9.92. The molecule has 12 heteroatoms. The summed E-state index contributed by atoms with van der Waals surface area (Å²) in [7, 11) is 0. The van der Waals surface area contributed by atoms with Gasteiger partial charge in [0.25, 0.3) is 11.6 Å². The first-order valence-corrected chi connectivity index (χ1v) is 10.0. The van der Waals surface area contributed by atoms with Crippen molar-refractivity contribution in [1.82, 2.24) is 0 Å². The molecule has 1 amide bonds. The van der Waals surface area contributed by atoms with Crippen LogP contribution in [0.25, 0.3) is 0 Å². The van der Waals surface area contributed by atoms with E-state index in [4.69, 9.17) is 0 Å². The highest BCUT2D eigenvalue weighted by Gasteiger charge is 2.39. The summed E-state index contributed by atoms with van der Waals surface area (Å²) in [6.45, 7) is 1.23. The van der Waals surface area contributed by atoms with Gasteiger partial charge in [-0.25, -0.2) is 0 Å². The number of isothiocyanates is 1. The van der Waals surface area contributed by atoms with Crippen molar-refractivity contribution in [2.75, 3.05) is 11.7 Å². The third-order valence-corrected chi connectivity index (χ3v) is 4.35. The number of benzene rings is 2. The first kappa shape index (κ1) is 27.2. The number of aliphatic imine (C=N–C) groups is 1. The molecule has 0 spiro atoms. The van der Waals surface area contributed by atoms with E-state index in [1.165, 1.54) is 13.3 Å². The molecule has 1 atom stereocenters. The molecule has 0 aliphatic carbocycles. The van der Waals surface area contributed by atoms with Gasteiger partial charge in [0.1, 0.15) is 11.2 Å². The molecule has 0 fully saturated rings. The quantitative estimate of drug-likeness (QED) is 0.175. The summed E-state index contributed by atoms with van der Waals surface area (Å²) in [5.74, 6) is -0.939. The SMILES string of the molecule is CCl.C[C@@](O)(CCc1ccc(N=C=S)cc1)C(=O)Nc1ccc([N+](=O)[O-])c(C(F)(F)F)c1. The summed E-state index contributed by atoms with van der Waals surface area (Å²) in [4.78, 5) is 25.8. The highest BCUT2D eigenvalue weighted by Crippen LogP contribution is 2.37. The molecule has 0 unspecified atom stereocenters. The fraction of sp³-hybridized carbons (Fsp3) is 0.300. The highest BCUT2D eigenvalue weighted by atomic mass is 35.5. The summed E-state index contributed by atoms with van der Waals surface area (Å²) in [5.41, 5.74) is -3.46. The number of anilines is 1. The van der Waals surface area contributed by atoms with Gasteiger partial charge in [0.15, 0.2) is 0 Å². The molecular weight excluding hydrogens is 471 g/mol. The molecule has 0 aliphatic heterocycles. The molecule has 0 bridgehead atoms. The second-order valence-electron chi connectivity index (χ2n) is 6.58. The number of nitro groups is 1. The van der Waals surface area contributed by atoms with Crippen LogP contribution in [0.15, 0.2) is 47.5 Å². The average molecular weight is 490 g/mol. The van der Waals surface area contributed by atoms with Gasteiger partial charge >= 0.3 is 6.18 Å². The Labute approximate surface area is 192 Å². The second kappa shape index (κ2) is 11.7. The lowest BCUT2D eigenvalue weighted by Gasteiger charge is -2.22. The largest absolute Gasteiger partial charge is 0.423 e. The van der Waals surface area contributed by atoms with Crippen LogP contribution in [0.2, 0.25) is 0 Å². The Hall–Kier alpha value is -2.85. The molecule has 172 valence electrons. The molecule has 0 aromatic heterocycles. The maximum atomic E-state index is 13.1. The molecule has 32 heavy (non-hydrogen) atoms. The van der Waals surface area contributed by atoms with Crippen LogP contribution in [-0.4, -0.2) is 33.1 Å². The summed E-state index contributed by atoms with van der Waals surface area (Å²) in [6, 6.07) is 8.89. The number of nitrogens with one attached hydrogen (secondary N) is 1. The smallest absolute Gasteiger partial charge is 0.380 e. The molecule has 0 aliphatic rings. The Morgan fingerprint density at radius 2 is 1.84 bits per heavy atom. The van der Waals surface area contributed by atoms with Crippen molar-refractivity contribution in [3.63, 3.8) is 0 Å². The molecule has 0 saturated carbocycles. The van der Waals surface area contributed by atoms with Crippen LogP contribution in [0.5, 0.6) is 0 Å². The molecule has 0 saturated heterocycles. The number of halogens is 4. The molecule has 0 heterocycles. The van der Waals surface area contributed by atoms with E-state index in [2.05, 4.69) is 39.3 Å². The predicted octanol–water partition coefficient (Wildman–Crippen LogP) is 5.53. The van der Waals surface area contributed by atoms with Crippen LogP contribution in [0.3, 0.4) is 0 Å². The van der Waals surface area contributed by atoms with Crippen LogP contribution in [0, 0.1) is 10.1 Å². The number of carbonyl (C=O) groups is 1. The molecule has 0 radical (unpaired) electrons. The van der Waals surface area contributed by atoms with E-state index in [-0.39, 0.29) is 12.1 Å². The molecule has 2 rings (SSSR count). The number of alkyl halides is 4. The number of nitro benzene ring substituents is 1. The second-order valence-corrected chi connectivity index (χ2v) is 6.77. The van der Waals surface area contributed by atoms with Gasteiger partial charge in [-0.3, -0.25) is 14.9 Å². The van der Waals surface area contributed by atoms with E-state index in [1.807, 2.05) is 0 Å². The zero-order chi connectivity index (χ0) is 24.5. The lowest BCUT2D eigenvalue weighted by Crippen LogP contribution is -2.40. The van der Waals surface area contributed by atoms with Gasteiger partial charge in [0, 0.05) is 18.1 Å². The average Bonchev–Trinajstić information content (AvgIpc) is 2.74. The fourth-order valence-corrected chi connectivity index (χ4v) is 2.66. The van der Waals surface area contributed by atoms with Crippen molar-refractivity contribution < 1.29 is 28.0 Å². The van der Waals surface area contributed by atoms with Crippen LogP contribution < -0.4 is 5.32 Å². The lowest BCUT2D eigenvalue weighted by atomic mass is 9.95. The highest BCUT2D eigenvalue weighted by molar-refractivity contribution is 7.78. The van der Waals surface area contributed by atoms with Gasteiger partial charge in [-0.1, -0.05) is 12.1 Å². The lowest BCUT2D eigenvalue weighted by molar-refractivity contribution is -0.388. The van der Waals surface area contributed by atoms with Crippen LogP contribution in [0.1, 0.15) is 24.5 Å². The Balaban J connectivity index is 0.00000249. The minimum Gasteiger partial charge on any atom is -0.380 e. The number of rotatable bonds is 7. The van der Waals surface area contributed by atoms with Gasteiger partial charge in [-0.15, -0.1) is 11.6 Å². The van der Waals surface area contributed by atoms with Crippen LogP contribution in [0.4, 0.5) is 30.2 Å². The van der Waals surface area contributed by atoms with E-state index in [0.717, 1.165) is 11.6 Å². The van der Waals surface area contributed by atoms with E-state index >= 15 is 0 Å². The predicted molar refractivity (Wildman–Crippen MR) is 119 cm³/mol. The number of hydrogen-bond donors (Lipinski definition) is 2. The number of amides is 1. The zero-order valence-electron chi connectivity index (χ0n) is 16.9. The maximum Gasteiger partial charge on any atom is 0.423 e. The molecule has 2 aromatic rings. The number of thiocarbonyl (C=S) groups is 1. The summed E-state index contributed by atoms with van der Waals surface area (Å²) < 4.78 is 39.2. The Morgan fingerprint density at radius 3 is 2.34 bits per heavy atom. The van der Waals surface area contributed by atoms with E-state index in [9.17, 15) is 33.2 Å². The summed E-state index contributed by atoms with van der Waals surface area (Å²) in [5, 5.41) is 25.6. The van der Waals surface area contributed by atoms with Gasteiger partial charge in [-0.05, 0) is 61.8 Å². The molecular formula is C20H19ClF3N3O4S. The van der Waals surface area contributed by atoms with Crippen LogP contribution >= 0.6 is 23.8 Å². The van der Waals surface area contributed by atoms with Gasteiger partial charge < -0.3 is 10.4 Å². The molecule has 2 N–H and O–H groups in total. The van der Waals surface area contributed by atoms with Crippen molar-refractivity contribution in [1.29, 1.82) is 0 Å². The maximum absolute atomic E-state index is 13.1. The minimum atomic E-state index is -4.98. The topological polar surface area (TPSA) is 105 Å². The first-order valence-electron chi connectivity index (χ1n) is 8.88. The van der Waals surface area contributed by atoms with E-state index in [1.54, 1.807) is 24.3 Å². The third kappa shape index (κ3) is 7.69. The normalized spacial score (nSPS) is 12.5. The first-order chi connectivity index (χ1) is 14.9. The van der Waals surface area contributed by atoms with Gasteiger partial charge in [0.2, 0.25) is 0 Å². The van der Waals surface area contributed by atoms with E-state index in [0.29, 0.717) is 24.2 Å². The zero-order valence-corrected chi connectivity index (χ0v) is 18.5. The van der Waals surface area contributed by atoms with Crippen LogP contribution in [-0.2, 0) is 17.4 Å². The molecule has 2 aromatic carbocycles. The van der Waals surface area contributed by atoms with Crippen molar-refractivity contribution in [2.24, 2.45) is 4.99 Å². The van der Waals surface area contributed by atoms with Crippen molar-refractivity contribution in [2.45, 2.75) is 31.5 Å². The molecule has 7 nitrogen and oxygen atoms in total. The van der Waals surface area contributed by atoms with Gasteiger partial charge in [0.05, 0.1) is 15.8 Å². The Morgan fingerprint density at radius 1 is 1.25 bits per heavy atom.